The number of aliphatic hydroxyl groups excluding tert-OH is 1. The van der Waals surface area contributed by atoms with Crippen LogP contribution in [0, 0.1) is 5.92 Å². The van der Waals surface area contributed by atoms with Crippen LogP contribution in [0.2, 0.25) is 5.02 Å². The highest BCUT2D eigenvalue weighted by Gasteiger charge is 2.31. The Kier molecular flexibility index (Phi) is 5.73. The molecule has 2 rings (SSSR count). The Hall–Kier alpha value is -0.480. The Bertz CT molecular complexity index is 397. The van der Waals surface area contributed by atoms with Crippen LogP contribution >= 0.6 is 24.0 Å². The molecule has 0 spiro atoms. The second-order valence-electron chi connectivity index (χ2n) is 4.59. The normalized spacial score (nSPS) is 18.4. The number of aliphatic hydroxyl groups is 1. The van der Waals surface area contributed by atoms with Gasteiger partial charge in [-0.1, -0.05) is 18.0 Å². The number of benzene rings is 1. The molecule has 0 heterocycles. The number of halogens is 2. The van der Waals surface area contributed by atoms with Crippen LogP contribution in [-0.2, 0) is 0 Å². The molecule has 1 saturated carbocycles. The molecule has 0 radical (unpaired) electrons. The van der Waals surface area contributed by atoms with Crippen molar-refractivity contribution in [1.29, 1.82) is 0 Å². The molecule has 1 aliphatic rings. The van der Waals surface area contributed by atoms with Gasteiger partial charge in [0.2, 0.25) is 0 Å². The van der Waals surface area contributed by atoms with E-state index in [4.69, 9.17) is 22.1 Å². The van der Waals surface area contributed by atoms with E-state index in [2.05, 4.69) is 0 Å². The summed E-state index contributed by atoms with van der Waals surface area (Å²) in [5.74, 6) is 0.994. The maximum atomic E-state index is 10.2. The van der Waals surface area contributed by atoms with Crippen LogP contribution in [0.15, 0.2) is 18.2 Å². The summed E-state index contributed by atoms with van der Waals surface area (Å²) in [4.78, 5) is 0. The number of hydrogen-bond donors (Lipinski definition) is 2. The average molecular weight is 292 g/mol. The van der Waals surface area contributed by atoms with Crippen molar-refractivity contribution in [3.8, 4) is 5.75 Å². The molecule has 0 saturated heterocycles. The molecule has 102 valence electrons. The van der Waals surface area contributed by atoms with Crippen molar-refractivity contribution in [1.82, 2.24) is 0 Å². The Balaban J connectivity index is 0.00000162. The van der Waals surface area contributed by atoms with Crippen molar-refractivity contribution in [3.63, 3.8) is 0 Å². The summed E-state index contributed by atoms with van der Waals surface area (Å²) in [6, 6.07) is 4.87. The third kappa shape index (κ3) is 3.09. The van der Waals surface area contributed by atoms with Crippen LogP contribution in [0.1, 0.15) is 30.9 Å². The first-order valence-electron chi connectivity index (χ1n) is 5.90. The van der Waals surface area contributed by atoms with Gasteiger partial charge in [-0.05, 0) is 37.0 Å². The summed E-state index contributed by atoms with van der Waals surface area (Å²) in [6.45, 7) is 0. The van der Waals surface area contributed by atoms with Crippen LogP contribution < -0.4 is 10.5 Å². The van der Waals surface area contributed by atoms with Crippen molar-refractivity contribution < 1.29 is 9.84 Å². The van der Waals surface area contributed by atoms with E-state index in [0.29, 0.717) is 16.7 Å². The van der Waals surface area contributed by atoms with Crippen molar-refractivity contribution in [2.45, 2.75) is 31.4 Å². The summed E-state index contributed by atoms with van der Waals surface area (Å²) >= 11 is 5.96. The van der Waals surface area contributed by atoms with Gasteiger partial charge in [0, 0.05) is 10.6 Å². The van der Waals surface area contributed by atoms with Crippen LogP contribution in [0.4, 0.5) is 0 Å². The standard InChI is InChI=1S/C13H18ClNO2.ClH/c1-17-11-6-5-9(14)7-10(11)12(15)13(16)8-3-2-4-8;/h5-8,12-13,16H,2-4,15H2,1H3;1H/t12-,13+;/m0./s1. The quantitative estimate of drug-likeness (QED) is 0.897. The Morgan fingerprint density at radius 3 is 2.61 bits per heavy atom. The number of rotatable bonds is 4. The number of methoxy groups -OCH3 is 1. The fourth-order valence-electron chi connectivity index (χ4n) is 2.22. The van der Waals surface area contributed by atoms with Crippen molar-refractivity contribution in [2.24, 2.45) is 11.7 Å². The van der Waals surface area contributed by atoms with Gasteiger partial charge < -0.3 is 15.6 Å². The summed E-state index contributed by atoms with van der Waals surface area (Å²) in [5.41, 5.74) is 6.88. The highest BCUT2D eigenvalue weighted by Crippen LogP contribution is 2.37. The van der Waals surface area contributed by atoms with E-state index in [9.17, 15) is 5.11 Å². The molecule has 1 aromatic carbocycles. The maximum Gasteiger partial charge on any atom is 0.123 e. The van der Waals surface area contributed by atoms with Gasteiger partial charge in [0.1, 0.15) is 5.75 Å². The molecule has 3 nitrogen and oxygen atoms in total. The first-order valence-corrected chi connectivity index (χ1v) is 6.28. The zero-order chi connectivity index (χ0) is 12.4. The summed E-state index contributed by atoms with van der Waals surface area (Å²) < 4.78 is 5.25. The molecular weight excluding hydrogens is 273 g/mol. The molecule has 0 bridgehead atoms. The molecule has 3 N–H and O–H groups in total. The van der Waals surface area contributed by atoms with Gasteiger partial charge in [-0.25, -0.2) is 0 Å². The highest BCUT2D eigenvalue weighted by atomic mass is 35.5. The van der Waals surface area contributed by atoms with Crippen LogP contribution in [0.3, 0.4) is 0 Å². The van der Waals surface area contributed by atoms with E-state index in [1.54, 1.807) is 25.3 Å². The third-order valence-electron chi connectivity index (χ3n) is 3.55. The van der Waals surface area contributed by atoms with Gasteiger partial charge in [0.15, 0.2) is 0 Å². The number of nitrogens with two attached hydrogens (primary N) is 1. The topological polar surface area (TPSA) is 55.5 Å². The zero-order valence-corrected chi connectivity index (χ0v) is 11.9. The highest BCUT2D eigenvalue weighted by molar-refractivity contribution is 6.30. The lowest BCUT2D eigenvalue weighted by Gasteiger charge is -2.34. The molecule has 0 amide bonds. The SMILES string of the molecule is COc1ccc(Cl)cc1[C@H](N)[C@H](O)C1CCC1.Cl. The monoisotopic (exact) mass is 291 g/mol. The Labute approximate surface area is 119 Å². The summed E-state index contributed by atoms with van der Waals surface area (Å²) in [6.07, 6.45) is 2.77. The Morgan fingerprint density at radius 1 is 1.44 bits per heavy atom. The zero-order valence-electron chi connectivity index (χ0n) is 10.3. The second-order valence-corrected chi connectivity index (χ2v) is 5.03. The summed E-state index contributed by atoms with van der Waals surface area (Å²) in [5, 5.41) is 10.8. The lowest BCUT2D eigenvalue weighted by molar-refractivity contribution is 0.0407. The van der Waals surface area contributed by atoms with Gasteiger partial charge in [-0.15, -0.1) is 12.4 Å². The third-order valence-corrected chi connectivity index (χ3v) is 3.79. The van der Waals surface area contributed by atoms with Gasteiger partial charge in [-0.2, -0.15) is 0 Å². The maximum absolute atomic E-state index is 10.2. The van der Waals surface area contributed by atoms with Gasteiger partial charge in [0.05, 0.1) is 19.3 Å². The van der Waals surface area contributed by atoms with Gasteiger partial charge in [-0.3, -0.25) is 0 Å². The minimum Gasteiger partial charge on any atom is -0.496 e. The number of hydrogen-bond acceptors (Lipinski definition) is 3. The number of ether oxygens (including phenoxy) is 1. The average Bonchev–Trinajstić information content (AvgIpc) is 2.25. The second kappa shape index (κ2) is 6.62. The smallest absolute Gasteiger partial charge is 0.123 e. The van der Waals surface area contributed by atoms with Crippen LogP contribution in [0.5, 0.6) is 5.75 Å². The molecule has 1 aromatic rings. The molecule has 5 heteroatoms. The first-order chi connectivity index (χ1) is 8.13. The van der Waals surface area contributed by atoms with Crippen molar-refractivity contribution >= 4 is 24.0 Å². The summed E-state index contributed by atoms with van der Waals surface area (Å²) in [7, 11) is 1.59. The molecule has 2 atom stereocenters. The van der Waals surface area contributed by atoms with E-state index < -0.39 is 12.1 Å². The van der Waals surface area contributed by atoms with Crippen molar-refractivity contribution in [3.05, 3.63) is 28.8 Å². The van der Waals surface area contributed by atoms with E-state index in [-0.39, 0.29) is 12.4 Å². The van der Waals surface area contributed by atoms with E-state index in [1.807, 2.05) is 0 Å². The predicted octanol–water partition coefficient (Wildman–Crippen LogP) is 2.93. The van der Waals surface area contributed by atoms with Crippen LogP contribution in [-0.4, -0.2) is 18.3 Å². The molecule has 0 unspecified atom stereocenters. The molecular formula is C13H19Cl2NO2. The minimum atomic E-state index is -0.517. The predicted molar refractivity (Wildman–Crippen MR) is 75.5 cm³/mol. The van der Waals surface area contributed by atoms with Gasteiger partial charge in [0.25, 0.3) is 0 Å². The lowest BCUT2D eigenvalue weighted by Crippen LogP contribution is -2.36. The first kappa shape index (κ1) is 15.6. The molecule has 1 aliphatic carbocycles. The molecule has 0 aliphatic heterocycles. The molecule has 0 aromatic heterocycles. The molecule has 18 heavy (non-hydrogen) atoms. The van der Waals surface area contributed by atoms with E-state index >= 15 is 0 Å². The lowest BCUT2D eigenvalue weighted by atomic mass is 9.77. The van der Waals surface area contributed by atoms with E-state index in [0.717, 1.165) is 18.4 Å². The van der Waals surface area contributed by atoms with E-state index in [1.165, 1.54) is 6.42 Å². The molecule has 1 fully saturated rings. The van der Waals surface area contributed by atoms with Crippen molar-refractivity contribution in [2.75, 3.05) is 7.11 Å². The van der Waals surface area contributed by atoms with Gasteiger partial charge >= 0.3 is 0 Å². The fourth-order valence-corrected chi connectivity index (χ4v) is 2.40. The van der Waals surface area contributed by atoms with Crippen LogP contribution in [0.25, 0.3) is 0 Å². The minimum absolute atomic E-state index is 0. The fraction of sp³-hybridized carbons (Fsp3) is 0.538. The largest absolute Gasteiger partial charge is 0.496 e. The Morgan fingerprint density at radius 2 is 2.11 bits per heavy atom.